The molecule has 0 radical (unpaired) electrons. The van der Waals surface area contributed by atoms with Crippen LogP contribution in [0.15, 0.2) is 78.0 Å². The molecule has 0 unspecified atom stereocenters. The predicted octanol–water partition coefficient (Wildman–Crippen LogP) is 5.54. The Morgan fingerprint density at radius 3 is 2.44 bits per heavy atom. The lowest BCUT2D eigenvalue weighted by atomic mass is 10.1. The third kappa shape index (κ3) is 5.76. The number of nitro groups is 1. The van der Waals surface area contributed by atoms with Crippen molar-refractivity contribution >= 4 is 11.8 Å². The van der Waals surface area contributed by atoms with Gasteiger partial charge < -0.3 is 4.74 Å². The maximum atomic E-state index is 13.4. The van der Waals surface area contributed by atoms with E-state index in [9.17, 15) is 18.9 Å². The summed E-state index contributed by atoms with van der Waals surface area (Å²) in [7, 11) is 0. The summed E-state index contributed by atoms with van der Waals surface area (Å²) < 4.78 is 34.1. The van der Waals surface area contributed by atoms with E-state index in [1.807, 2.05) is 0 Å². The van der Waals surface area contributed by atoms with Crippen LogP contribution < -0.4 is 4.74 Å². The third-order valence-corrected chi connectivity index (χ3v) is 6.17. The molecule has 0 fully saturated rings. The number of benzene rings is 3. The molecule has 0 saturated carbocycles. The summed E-state index contributed by atoms with van der Waals surface area (Å²) in [5.41, 5.74) is 2.07. The van der Waals surface area contributed by atoms with Crippen LogP contribution >= 0.6 is 11.8 Å². The molecule has 10 heteroatoms. The summed E-state index contributed by atoms with van der Waals surface area (Å²) >= 11 is 1.21. The zero-order chi connectivity index (χ0) is 24.1. The molecule has 34 heavy (non-hydrogen) atoms. The highest BCUT2D eigenvalue weighted by molar-refractivity contribution is 7.99. The molecular formula is C24H20F2N4O3S. The van der Waals surface area contributed by atoms with E-state index in [0.29, 0.717) is 33.5 Å². The highest BCUT2D eigenvalue weighted by Gasteiger charge is 2.24. The summed E-state index contributed by atoms with van der Waals surface area (Å²) in [5.74, 6) is 0.438. The number of aromatic nitrogens is 3. The zero-order valence-corrected chi connectivity index (χ0v) is 18.9. The molecule has 1 heterocycles. The van der Waals surface area contributed by atoms with Crippen molar-refractivity contribution in [3.8, 4) is 11.4 Å². The summed E-state index contributed by atoms with van der Waals surface area (Å²) in [6.07, 6.45) is 0. The van der Waals surface area contributed by atoms with E-state index in [1.54, 1.807) is 60.0 Å². The molecule has 0 aliphatic heterocycles. The maximum absolute atomic E-state index is 13.4. The molecule has 0 saturated heterocycles. The zero-order valence-electron chi connectivity index (χ0n) is 18.1. The van der Waals surface area contributed by atoms with Crippen LogP contribution in [0.5, 0.6) is 5.75 Å². The largest absolute Gasteiger partial charge is 0.489 e. The predicted molar refractivity (Wildman–Crippen MR) is 124 cm³/mol. The minimum Gasteiger partial charge on any atom is -0.489 e. The van der Waals surface area contributed by atoms with E-state index >= 15 is 0 Å². The van der Waals surface area contributed by atoms with Gasteiger partial charge in [-0.2, -0.15) is 0 Å². The Labute approximate surface area is 198 Å². The van der Waals surface area contributed by atoms with Crippen molar-refractivity contribution < 1.29 is 18.4 Å². The number of aryl methyl sites for hydroxylation is 1. The van der Waals surface area contributed by atoms with Crippen LogP contribution in [0.2, 0.25) is 0 Å². The van der Waals surface area contributed by atoms with Crippen molar-refractivity contribution in [2.75, 3.05) is 6.54 Å². The average Bonchev–Trinajstić information content (AvgIpc) is 3.18. The van der Waals surface area contributed by atoms with E-state index in [1.165, 1.54) is 36.0 Å². The van der Waals surface area contributed by atoms with E-state index in [-0.39, 0.29) is 29.7 Å². The standard InChI is InChI=1S/C24H20F2N4O3S/c1-16-27-28-24(30(16)21-9-7-19(25)8-10-21)34-23(14-29(31)32)18-5-11-22(12-6-18)33-15-17-3-2-4-20(26)13-17/h2-13,23H,14-15H2,1H3/t23-/m0/s1. The van der Waals surface area contributed by atoms with Crippen LogP contribution in [-0.4, -0.2) is 26.2 Å². The lowest BCUT2D eigenvalue weighted by Gasteiger charge is -2.15. The van der Waals surface area contributed by atoms with Gasteiger partial charge in [-0.1, -0.05) is 36.0 Å². The van der Waals surface area contributed by atoms with Crippen LogP contribution in [0.4, 0.5) is 8.78 Å². The van der Waals surface area contributed by atoms with Crippen LogP contribution in [-0.2, 0) is 6.61 Å². The lowest BCUT2D eigenvalue weighted by Crippen LogP contribution is -2.11. The number of hydrogen-bond acceptors (Lipinski definition) is 6. The number of thioether (sulfide) groups is 1. The topological polar surface area (TPSA) is 83.1 Å². The van der Waals surface area contributed by atoms with E-state index in [2.05, 4.69) is 10.2 Å². The van der Waals surface area contributed by atoms with Gasteiger partial charge in [0.15, 0.2) is 5.16 Å². The van der Waals surface area contributed by atoms with Gasteiger partial charge in [0.1, 0.15) is 35.1 Å². The average molecular weight is 483 g/mol. The Bertz CT molecular complexity index is 1280. The van der Waals surface area contributed by atoms with Crippen LogP contribution in [0, 0.1) is 28.7 Å². The number of hydrogen-bond donors (Lipinski definition) is 0. The third-order valence-electron chi connectivity index (χ3n) is 4.99. The van der Waals surface area contributed by atoms with E-state index in [0.717, 1.165) is 0 Å². The SMILES string of the molecule is Cc1nnc(S[C@@H](C[N+](=O)[O-])c2ccc(OCc3cccc(F)c3)cc2)n1-c1ccc(F)cc1. The first kappa shape index (κ1) is 23.4. The van der Waals surface area contributed by atoms with Crippen molar-refractivity contribution in [2.24, 2.45) is 0 Å². The Kier molecular flexibility index (Phi) is 7.17. The summed E-state index contributed by atoms with van der Waals surface area (Å²) in [6, 6.07) is 19.0. The van der Waals surface area contributed by atoms with Crippen molar-refractivity contribution in [3.05, 3.63) is 111 Å². The number of halogens is 2. The Hall–Kier alpha value is -3.79. The van der Waals surface area contributed by atoms with Gasteiger partial charge >= 0.3 is 0 Å². The van der Waals surface area contributed by atoms with Crippen molar-refractivity contribution in [1.29, 1.82) is 0 Å². The molecule has 0 bridgehead atoms. The van der Waals surface area contributed by atoms with Crippen LogP contribution in [0.25, 0.3) is 5.69 Å². The lowest BCUT2D eigenvalue weighted by molar-refractivity contribution is -0.479. The smallest absolute Gasteiger partial charge is 0.220 e. The molecule has 174 valence electrons. The number of rotatable bonds is 9. The first-order valence-corrected chi connectivity index (χ1v) is 11.2. The highest BCUT2D eigenvalue weighted by Crippen LogP contribution is 2.36. The molecule has 3 aromatic carbocycles. The molecule has 0 aliphatic rings. The van der Waals surface area contributed by atoms with Crippen molar-refractivity contribution in [3.63, 3.8) is 0 Å². The first-order chi connectivity index (χ1) is 16.4. The Balaban J connectivity index is 1.53. The van der Waals surface area contributed by atoms with E-state index in [4.69, 9.17) is 4.74 Å². The quantitative estimate of drug-likeness (QED) is 0.177. The second-order valence-corrected chi connectivity index (χ2v) is 8.62. The molecule has 4 rings (SSSR count). The molecule has 7 nitrogen and oxygen atoms in total. The van der Waals surface area contributed by atoms with Gasteiger partial charge in [0.25, 0.3) is 0 Å². The molecule has 4 aromatic rings. The van der Waals surface area contributed by atoms with E-state index < -0.39 is 5.25 Å². The van der Waals surface area contributed by atoms with Crippen molar-refractivity contribution in [1.82, 2.24) is 14.8 Å². The second kappa shape index (κ2) is 10.4. The second-order valence-electron chi connectivity index (χ2n) is 7.45. The fraction of sp³-hybridized carbons (Fsp3) is 0.167. The normalized spacial score (nSPS) is 11.9. The fourth-order valence-electron chi connectivity index (χ4n) is 3.35. The minimum absolute atomic E-state index is 0.199. The molecule has 0 amide bonds. The molecule has 0 spiro atoms. The Morgan fingerprint density at radius 2 is 1.76 bits per heavy atom. The molecule has 0 aliphatic carbocycles. The van der Waals surface area contributed by atoms with Gasteiger partial charge in [0.05, 0.1) is 0 Å². The molecule has 1 aromatic heterocycles. The first-order valence-electron chi connectivity index (χ1n) is 10.3. The summed E-state index contributed by atoms with van der Waals surface area (Å²) in [5, 5.41) is 19.6. The maximum Gasteiger partial charge on any atom is 0.220 e. The van der Waals surface area contributed by atoms with Gasteiger partial charge in [-0.3, -0.25) is 14.7 Å². The fourth-order valence-corrected chi connectivity index (χ4v) is 4.53. The van der Waals surface area contributed by atoms with Gasteiger partial charge in [0, 0.05) is 10.6 Å². The van der Waals surface area contributed by atoms with Crippen LogP contribution in [0.1, 0.15) is 22.2 Å². The number of nitrogens with zero attached hydrogens (tertiary/aromatic N) is 4. The van der Waals surface area contributed by atoms with Gasteiger partial charge in [-0.15, -0.1) is 10.2 Å². The number of ether oxygens (including phenoxy) is 1. The minimum atomic E-state index is -0.546. The Morgan fingerprint density at radius 1 is 1.03 bits per heavy atom. The summed E-state index contributed by atoms with van der Waals surface area (Å²) in [6.45, 7) is 1.63. The monoisotopic (exact) mass is 482 g/mol. The summed E-state index contributed by atoms with van der Waals surface area (Å²) in [4.78, 5) is 11.0. The van der Waals surface area contributed by atoms with Gasteiger partial charge in [-0.05, 0) is 66.6 Å². The molecular weight excluding hydrogens is 462 g/mol. The highest BCUT2D eigenvalue weighted by atomic mass is 32.2. The van der Waals surface area contributed by atoms with Gasteiger partial charge in [-0.25, -0.2) is 8.78 Å². The van der Waals surface area contributed by atoms with Gasteiger partial charge in [0.2, 0.25) is 6.54 Å². The van der Waals surface area contributed by atoms with Crippen LogP contribution in [0.3, 0.4) is 0 Å². The molecule has 1 atom stereocenters. The molecule has 0 N–H and O–H groups in total. The van der Waals surface area contributed by atoms with Crippen molar-refractivity contribution in [2.45, 2.75) is 23.9 Å².